The van der Waals surface area contributed by atoms with Crippen molar-refractivity contribution in [2.24, 2.45) is 5.92 Å². The molecule has 0 bridgehead atoms. The summed E-state index contributed by atoms with van der Waals surface area (Å²) in [4.78, 5) is 24.2. The normalized spacial score (nSPS) is 20.1. The second-order valence-electron chi connectivity index (χ2n) is 4.28. The molecule has 1 aliphatic heterocycles. The van der Waals surface area contributed by atoms with Gasteiger partial charge in [-0.05, 0) is 38.3 Å². The van der Waals surface area contributed by atoms with E-state index < -0.39 is 11.2 Å². The van der Waals surface area contributed by atoms with E-state index >= 15 is 0 Å². The molecule has 17 heavy (non-hydrogen) atoms. The van der Waals surface area contributed by atoms with Gasteiger partial charge < -0.3 is 10.6 Å². The highest BCUT2D eigenvalue weighted by atomic mass is 16.2. The predicted molar refractivity (Wildman–Crippen MR) is 64.2 cm³/mol. The van der Waals surface area contributed by atoms with Crippen LogP contribution in [0.5, 0.6) is 0 Å². The van der Waals surface area contributed by atoms with Crippen LogP contribution in [0.1, 0.15) is 19.3 Å². The van der Waals surface area contributed by atoms with E-state index in [1.807, 2.05) is 0 Å². The number of hydrogen-bond acceptors (Lipinski definition) is 5. The van der Waals surface area contributed by atoms with Gasteiger partial charge in [0.25, 0.3) is 5.56 Å². The van der Waals surface area contributed by atoms with Crippen LogP contribution in [0.3, 0.4) is 0 Å². The fourth-order valence-corrected chi connectivity index (χ4v) is 2.03. The van der Waals surface area contributed by atoms with Gasteiger partial charge in [0.05, 0.1) is 0 Å². The third-order valence-corrected chi connectivity index (χ3v) is 2.96. The van der Waals surface area contributed by atoms with Crippen molar-refractivity contribution in [3.05, 3.63) is 20.8 Å². The van der Waals surface area contributed by atoms with Crippen molar-refractivity contribution in [3.63, 3.8) is 0 Å². The molecule has 94 valence electrons. The molecule has 0 aromatic carbocycles. The molecular formula is C10H17N5O2. The van der Waals surface area contributed by atoms with E-state index in [1.165, 1.54) is 12.8 Å². The van der Waals surface area contributed by atoms with Gasteiger partial charge in [-0.3, -0.25) is 9.78 Å². The molecule has 2 rings (SSSR count). The molecule has 1 unspecified atom stereocenters. The van der Waals surface area contributed by atoms with Crippen LogP contribution in [0.4, 0.5) is 5.82 Å². The minimum atomic E-state index is -0.586. The number of aromatic nitrogens is 3. The molecule has 1 aromatic heterocycles. The van der Waals surface area contributed by atoms with E-state index in [9.17, 15) is 9.59 Å². The molecule has 2 heterocycles. The molecule has 1 fully saturated rings. The summed E-state index contributed by atoms with van der Waals surface area (Å²) in [5, 5.41) is 12.1. The summed E-state index contributed by atoms with van der Waals surface area (Å²) in [6, 6.07) is 0. The molecule has 0 saturated carbocycles. The highest BCUT2D eigenvalue weighted by molar-refractivity contribution is 5.28. The van der Waals surface area contributed by atoms with Crippen molar-refractivity contribution in [3.8, 4) is 0 Å². The van der Waals surface area contributed by atoms with Gasteiger partial charge in [0.15, 0.2) is 0 Å². The van der Waals surface area contributed by atoms with E-state index in [-0.39, 0.29) is 5.82 Å². The summed E-state index contributed by atoms with van der Waals surface area (Å²) in [5.74, 6) is 0.825. The van der Waals surface area contributed by atoms with Crippen molar-refractivity contribution >= 4 is 5.82 Å². The maximum atomic E-state index is 11.3. The fourth-order valence-electron chi connectivity index (χ4n) is 2.03. The van der Waals surface area contributed by atoms with Gasteiger partial charge >= 0.3 is 5.69 Å². The zero-order chi connectivity index (χ0) is 12.1. The second kappa shape index (κ2) is 5.62. The molecule has 7 nitrogen and oxygen atoms in total. The highest BCUT2D eigenvalue weighted by Gasteiger charge is 2.12. The van der Waals surface area contributed by atoms with Crippen LogP contribution >= 0.6 is 0 Å². The third kappa shape index (κ3) is 3.42. The first kappa shape index (κ1) is 11.8. The number of H-pyrrole nitrogens is 2. The Morgan fingerprint density at radius 2 is 2.29 bits per heavy atom. The van der Waals surface area contributed by atoms with Crippen molar-refractivity contribution in [1.29, 1.82) is 0 Å². The lowest BCUT2D eigenvalue weighted by molar-refractivity contribution is 0.364. The molecule has 0 amide bonds. The monoisotopic (exact) mass is 239 g/mol. The molecular weight excluding hydrogens is 222 g/mol. The average Bonchev–Trinajstić information content (AvgIpc) is 2.33. The lowest BCUT2D eigenvalue weighted by Gasteiger charge is -2.22. The van der Waals surface area contributed by atoms with Gasteiger partial charge in [-0.25, -0.2) is 9.89 Å². The largest absolute Gasteiger partial charge is 0.364 e. The molecule has 1 aliphatic rings. The minimum Gasteiger partial charge on any atom is -0.364 e. The molecule has 0 radical (unpaired) electrons. The van der Waals surface area contributed by atoms with Crippen LogP contribution in [0, 0.1) is 5.92 Å². The Balaban J connectivity index is 1.81. The number of rotatable bonds is 4. The van der Waals surface area contributed by atoms with Crippen LogP contribution in [0.15, 0.2) is 9.59 Å². The Morgan fingerprint density at radius 3 is 3.00 bits per heavy atom. The fraction of sp³-hybridized carbons (Fsp3) is 0.700. The number of nitrogens with one attached hydrogen (secondary N) is 4. The van der Waals surface area contributed by atoms with Crippen LogP contribution in [0.2, 0.25) is 0 Å². The number of hydrogen-bond donors (Lipinski definition) is 4. The second-order valence-corrected chi connectivity index (χ2v) is 4.28. The van der Waals surface area contributed by atoms with Gasteiger partial charge in [0.2, 0.25) is 5.82 Å². The smallest absolute Gasteiger partial charge is 0.342 e. The number of aromatic amines is 2. The summed E-state index contributed by atoms with van der Waals surface area (Å²) in [6.45, 7) is 2.83. The van der Waals surface area contributed by atoms with Crippen molar-refractivity contribution in [1.82, 2.24) is 20.5 Å². The summed E-state index contributed by atoms with van der Waals surface area (Å²) in [6.07, 6.45) is 3.43. The maximum Gasteiger partial charge on any atom is 0.342 e. The van der Waals surface area contributed by atoms with Gasteiger partial charge in [0.1, 0.15) is 0 Å². The van der Waals surface area contributed by atoms with Gasteiger partial charge in [-0.2, -0.15) is 0 Å². The third-order valence-electron chi connectivity index (χ3n) is 2.96. The molecule has 0 aliphatic carbocycles. The minimum absolute atomic E-state index is 0.174. The first-order valence-corrected chi connectivity index (χ1v) is 5.89. The van der Waals surface area contributed by atoms with Crippen LogP contribution < -0.4 is 21.9 Å². The first-order chi connectivity index (χ1) is 8.25. The summed E-state index contributed by atoms with van der Waals surface area (Å²) >= 11 is 0. The standard InChI is InChI=1S/C10H17N5O2/c16-9-8(14-15-10(17)13-9)12-5-3-7-2-1-4-11-6-7/h7,11H,1-6H2,(H,12,14)(H2,13,15,16,17). The van der Waals surface area contributed by atoms with E-state index in [2.05, 4.69) is 25.8 Å². The first-order valence-electron chi connectivity index (χ1n) is 5.89. The predicted octanol–water partition coefficient (Wildman–Crippen LogP) is -0.740. The topological polar surface area (TPSA) is 103 Å². The van der Waals surface area contributed by atoms with E-state index in [4.69, 9.17) is 0 Å². The van der Waals surface area contributed by atoms with Crippen LogP contribution in [0.25, 0.3) is 0 Å². The number of nitrogens with zero attached hydrogens (tertiary/aromatic N) is 1. The highest BCUT2D eigenvalue weighted by Crippen LogP contribution is 2.13. The summed E-state index contributed by atoms with van der Waals surface area (Å²) in [7, 11) is 0. The van der Waals surface area contributed by atoms with Gasteiger partial charge in [0, 0.05) is 6.54 Å². The van der Waals surface area contributed by atoms with Crippen molar-refractivity contribution in [2.45, 2.75) is 19.3 Å². The van der Waals surface area contributed by atoms with Crippen LogP contribution in [-0.4, -0.2) is 34.8 Å². The molecule has 1 atom stereocenters. The van der Waals surface area contributed by atoms with Gasteiger partial charge in [-0.15, -0.1) is 5.10 Å². The summed E-state index contributed by atoms with van der Waals surface area (Å²) < 4.78 is 0. The quantitative estimate of drug-likeness (QED) is 0.554. The molecule has 1 aromatic rings. The van der Waals surface area contributed by atoms with Crippen molar-refractivity contribution < 1.29 is 0 Å². The molecule has 4 N–H and O–H groups in total. The average molecular weight is 239 g/mol. The Hall–Kier alpha value is -1.63. The molecule has 7 heteroatoms. The Kier molecular flexibility index (Phi) is 3.92. The lowest BCUT2D eigenvalue weighted by atomic mass is 9.96. The Labute approximate surface area is 98.0 Å². The zero-order valence-electron chi connectivity index (χ0n) is 9.58. The summed E-state index contributed by atoms with van der Waals surface area (Å²) in [5.41, 5.74) is -1.06. The molecule has 0 spiro atoms. The molecule has 1 saturated heterocycles. The number of anilines is 1. The lowest BCUT2D eigenvalue weighted by Crippen LogP contribution is -2.31. The van der Waals surface area contributed by atoms with Gasteiger partial charge in [-0.1, -0.05) is 0 Å². The van der Waals surface area contributed by atoms with E-state index in [0.29, 0.717) is 12.5 Å². The maximum absolute atomic E-state index is 11.3. The Morgan fingerprint density at radius 1 is 1.41 bits per heavy atom. The Bertz CT molecular complexity index is 460. The van der Waals surface area contributed by atoms with Crippen molar-refractivity contribution in [2.75, 3.05) is 25.0 Å². The number of piperidine rings is 1. The zero-order valence-corrected chi connectivity index (χ0v) is 9.58. The SMILES string of the molecule is O=c1[nH]nc(NCCC2CCCNC2)c(=O)[nH]1. The van der Waals surface area contributed by atoms with Crippen LogP contribution in [-0.2, 0) is 0 Å². The van der Waals surface area contributed by atoms with E-state index in [1.54, 1.807) is 0 Å². The van der Waals surface area contributed by atoms with E-state index in [0.717, 1.165) is 19.5 Å².